The van der Waals surface area contributed by atoms with E-state index in [0.717, 1.165) is 45.0 Å². The van der Waals surface area contributed by atoms with Gasteiger partial charge < -0.3 is 9.64 Å². The van der Waals surface area contributed by atoms with E-state index in [1.54, 1.807) is 11.3 Å². The number of nitrogens with zero attached hydrogens (tertiary/aromatic N) is 1. The number of amides is 1. The highest BCUT2D eigenvalue weighted by Crippen LogP contribution is 2.33. The highest BCUT2D eigenvalue weighted by Gasteiger charge is 2.26. The zero-order valence-electron chi connectivity index (χ0n) is 15.8. The fraction of sp³-hybridized carbons (Fsp3) is 0.167. The second kappa shape index (κ2) is 7.33. The summed E-state index contributed by atoms with van der Waals surface area (Å²) in [4.78, 5) is 28.5. The van der Waals surface area contributed by atoms with Crippen LogP contribution in [0.25, 0.3) is 16.5 Å². The van der Waals surface area contributed by atoms with Gasteiger partial charge in [-0.1, -0.05) is 36.4 Å². The normalized spacial score (nSPS) is 17.1. The van der Waals surface area contributed by atoms with Crippen LogP contribution in [-0.2, 0) is 22.7 Å². The van der Waals surface area contributed by atoms with Crippen LogP contribution in [0.1, 0.15) is 32.8 Å². The van der Waals surface area contributed by atoms with Crippen LogP contribution in [0, 0.1) is 0 Å². The number of likely N-dealkylation sites (tertiary alicyclic amines) is 1. The van der Waals surface area contributed by atoms with Crippen LogP contribution in [0.5, 0.6) is 0 Å². The topological polar surface area (TPSA) is 46.6 Å². The number of cyclic esters (lactones) is 1. The van der Waals surface area contributed by atoms with E-state index in [1.165, 1.54) is 0 Å². The minimum Gasteiger partial charge on any atom is -0.457 e. The summed E-state index contributed by atoms with van der Waals surface area (Å²) in [5, 5.41) is 0. The van der Waals surface area contributed by atoms with Crippen LogP contribution in [-0.4, -0.2) is 23.3 Å². The van der Waals surface area contributed by atoms with Crippen molar-refractivity contribution in [3.8, 4) is 10.4 Å². The summed E-state index contributed by atoms with van der Waals surface area (Å²) < 4.78 is 5.09. The molecule has 0 radical (unpaired) electrons. The standard InChI is InChI=1S/C24H19NO3S/c26-23-18(10-11-25(23)14-16-4-2-1-3-5-16)13-20-7-9-22(29-20)17-6-8-21-19(12-17)15-28-24(21)27/h1-9,12-13H,10-11,14-15H2/b18-13-. The SMILES string of the molecule is O=C1OCc2cc(-c3ccc(/C=C4/CCN(Cc5ccccc5)C4=O)s3)ccc21. The number of carbonyl (C=O) groups excluding carboxylic acids is 2. The van der Waals surface area contributed by atoms with E-state index in [4.69, 9.17) is 4.74 Å². The Balaban J connectivity index is 1.33. The fourth-order valence-corrected chi connectivity index (χ4v) is 4.77. The average molecular weight is 401 g/mol. The maximum Gasteiger partial charge on any atom is 0.338 e. The molecule has 4 nitrogen and oxygen atoms in total. The van der Waals surface area contributed by atoms with Crippen molar-refractivity contribution in [2.45, 2.75) is 19.6 Å². The largest absolute Gasteiger partial charge is 0.457 e. The van der Waals surface area contributed by atoms with E-state index < -0.39 is 0 Å². The molecule has 0 unspecified atom stereocenters. The summed E-state index contributed by atoms with van der Waals surface area (Å²) >= 11 is 1.65. The van der Waals surface area contributed by atoms with Gasteiger partial charge in [0.15, 0.2) is 0 Å². The minimum atomic E-state index is -0.247. The van der Waals surface area contributed by atoms with E-state index in [1.807, 2.05) is 47.4 Å². The molecule has 0 aliphatic carbocycles. The van der Waals surface area contributed by atoms with Gasteiger partial charge >= 0.3 is 5.97 Å². The maximum absolute atomic E-state index is 12.8. The third-order valence-electron chi connectivity index (χ3n) is 5.34. The number of hydrogen-bond donors (Lipinski definition) is 0. The lowest BCUT2D eigenvalue weighted by molar-refractivity contribution is -0.125. The summed E-state index contributed by atoms with van der Waals surface area (Å²) in [6.45, 7) is 1.76. The van der Waals surface area contributed by atoms with E-state index >= 15 is 0 Å². The van der Waals surface area contributed by atoms with Gasteiger partial charge in [0, 0.05) is 34.0 Å². The lowest BCUT2D eigenvalue weighted by atomic mass is 10.1. The van der Waals surface area contributed by atoms with Crippen LogP contribution in [0.3, 0.4) is 0 Å². The Morgan fingerprint density at radius 3 is 2.76 bits per heavy atom. The second-order valence-corrected chi connectivity index (χ2v) is 8.40. The van der Waals surface area contributed by atoms with Gasteiger partial charge in [0.25, 0.3) is 0 Å². The van der Waals surface area contributed by atoms with Crippen LogP contribution in [0.2, 0.25) is 0 Å². The molecule has 2 aliphatic rings. The molecule has 3 heterocycles. The Morgan fingerprint density at radius 1 is 1.03 bits per heavy atom. The van der Waals surface area contributed by atoms with E-state index in [0.29, 0.717) is 18.7 Å². The molecule has 0 saturated carbocycles. The van der Waals surface area contributed by atoms with Gasteiger partial charge in [-0.05, 0) is 47.9 Å². The van der Waals surface area contributed by atoms with Crippen molar-refractivity contribution in [2.24, 2.45) is 0 Å². The summed E-state index contributed by atoms with van der Waals surface area (Å²) in [6.07, 6.45) is 2.79. The molecule has 0 bridgehead atoms. The van der Waals surface area contributed by atoms with Gasteiger partial charge in [-0.25, -0.2) is 4.79 Å². The smallest absolute Gasteiger partial charge is 0.338 e. The van der Waals surface area contributed by atoms with Gasteiger partial charge in [0.2, 0.25) is 5.91 Å². The molecule has 2 aliphatic heterocycles. The molecule has 144 valence electrons. The first-order valence-electron chi connectivity index (χ1n) is 9.61. The molecule has 1 aromatic heterocycles. The molecule has 0 atom stereocenters. The molecular weight excluding hydrogens is 382 g/mol. The van der Waals surface area contributed by atoms with E-state index in [9.17, 15) is 9.59 Å². The van der Waals surface area contributed by atoms with Crippen LogP contribution >= 0.6 is 11.3 Å². The summed E-state index contributed by atoms with van der Waals surface area (Å²) in [5.41, 5.74) is 4.67. The van der Waals surface area contributed by atoms with Crippen LogP contribution in [0.4, 0.5) is 0 Å². The van der Waals surface area contributed by atoms with Gasteiger partial charge in [-0.3, -0.25) is 4.79 Å². The third kappa shape index (κ3) is 3.49. The zero-order chi connectivity index (χ0) is 19.8. The Hall–Kier alpha value is -3.18. The van der Waals surface area contributed by atoms with Crippen molar-refractivity contribution < 1.29 is 14.3 Å². The number of esters is 1. The number of rotatable bonds is 4. The molecule has 1 fully saturated rings. The quantitative estimate of drug-likeness (QED) is 0.461. The number of hydrogen-bond acceptors (Lipinski definition) is 4. The highest BCUT2D eigenvalue weighted by atomic mass is 32.1. The van der Waals surface area contributed by atoms with Crippen LogP contribution < -0.4 is 0 Å². The summed E-state index contributed by atoms with van der Waals surface area (Å²) in [6, 6.07) is 20.0. The first kappa shape index (κ1) is 17.9. The number of thiophene rings is 1. The molecule has 0 spiro atoms. The van der Waals surface area contributed by atoms with Crippen molar-refractivity contribution in [2.75, 3.05) is 6.54 Å². The number of fused-ring (bicyclic) bond motifs is 1. The van der Waals surface area contributed by atoms with Crippen molar-refractivity contribution in [3.63, 3.8) is 0 Å². The minimum absolute atomic E-state index is 0.122. The monoisotopic (exact) mass is 401 g/mol. The van der Waals surface area contributed by atoms with Crippen molar-refractivity contribution in [1.82, 2.24) is 4.90 Å². The predicted molar refractivity (Wildman–Crippen MR) is 113 cm³/mol. The molecule has 2 aromatic carbocycles. The predicted octanol–water partition coefficient (Wildman–Crippen LogP) is 4.90. The van der Waals surface area contributed by atoms with Gasteiger partial charge in [-0.2, -0.15) is 0 Å². The van der Waals surface area contributed by atoms with Crippen molar-refractivity contribution in [1.29, 1.82) is 0 Å². The molecule has 3 aromatic rings. The van der Waals surface area contributed by atoms with Crippen molar-refractivity contribution >= 4 is 29.3 Å². The lowest BCUT2D eigenvalue weighted by Crippen LogP contribution is -2.24. The third-order valence-corrected chi connectivity index (χ3v) is 6.42. The molecular formula is C24H19NO3S. The van der Waals surface area contributed by atoms with Gasteiger partial charge in [-0.15, -0.1) is 11.3 Å². The Morgan fingerprint density at radius 2 is 1.90 bits per heavy atom. The molecule has 0 N–H and O–H groups in total. The zero-order valence-corrected chi connectivity index (χ0v) is 16.6. The molecule has 5 rings (SSSR count). The molecule has 1 amide bonds. The second-order valence-electron chi connectivity index (χ2n) is 7.28. The number of carbonyl (C=O) groups is 2. The van der Waals surface area contributed by atoms with Crippen molar-refractivity contribution in [3.05, 3.63) is 87.8 Å². The molecule has 1 saturated heterocycles. The van der Waals surface area contributed by atoms with E-state index in [-0.39, 0.29) is 11.9 Å². The Labute approximate surface area is 173 Å². The summed E-state index contributed by atoms with van der Waals surface area (Å²) in [5.74, 6) is -0.125. The molecule has 5 heteroatoms. The highest BCUT2D eigenvalue weighted by molar-refractivity contribution is 7.16. The fourth-order valence-electron chi connectivity index (χ4n) is 3.80. The lowest BCUT2D eigenvalue weighted by Gasteiger charge is -2.14. The summed E-state index contributed by atoms with van der Waals surface area (Å²) in [7, 11) is 0. The van der Waals surface area contributed by atoms with Gasteiger partial charge in [0.1, 0.15) is 6.61 Å². The van der Waals surface area contributed by atoms with E-state index in [2.05, 4.69) is 24.3 Å². The Kier molecular flexibility index (Phi) is 4.52. The Bertz CT molecular complexity index is 1130. The van der Waals surface area contributed by atoms with Gasteiger partial charge in [0.05, 0.1) is 5.56 Å². The molecule has 29 heavy (non-hydrogen) atoms. The number of ether oxygens (including phenoxy) is 1. The first-order chi connectivity index (χ1) is 14.2. The number of benzene rings is 2. The first-order valence-corrected chi connectivity index (χ1v) is 10.4. The maximum atomic E-state index is 12.8. The van der Waals surface area contributed by atoms with Crippen LogP contribution in [0.15, 0.2) is 66.2 Å². The average Bonchev–Trinajstić information content (AvgIpc) is 3.45.